The molecule has 1 heterocycles. The van der Waals surface area contributed by atoms with Crippen LogP contribution in [0.25, 0.3) is 0 Å². The zero-order chi connectivity index (χ0) is 21.2. The lowest BCUT2D eigenvalue weighted by Crippen LogP contribution is -2.29. The first-order chi connectivity index (χ1) is 13.6. The van der Waals surface area contributed by atoms with Gasteiger partial charge in [0.2, 0.25) is 5.91 Å². The third-order valence-electron chi connectivity index (χ3n) is 4.75. The first-order valence-electron chi connectivity index (χ1n) is 9.52. The van der Waals surface area contributed by atoms with Gasteiger partial charge in [-0.3, -0.25) is 9.00 Å². The fourth-order valence-corrected chi connectivity index (χ4v) is 4.28. The Morgan fingerprint density at radius 1 is 1.17 bits per heavy atom. The number of fused-ring (bicyclic) bond motifs is 1. The summed E-state index contributed by atoms with van der Waals surface area (Å²) >= 11 is 6.24. The number of hydrogen-bond donors (Lipinski definition) is 1. The van der Waals surface area contributed by atoms with Gasteiger partial charge in [-0.1, -0.05) is 44.5 Å². The summed E-state index contributed by atoms with van der Waals surface area (Å²) in [5.74, 6) is 0.979. The first-order valence-corrected chi connectivity index (χ1v) is 11.3. The van der Waals surface area contributed by atoms with Gasteiger partial charge in [-0.2, -0.15) is 0 Å². The molecule has 0 saturated heterocycles. The average Bonchev–Trinajstić information content (AvgIpc) is 2.67. The lowest BCUT2D eigenvalue weighted by Gasteiger charge is -2.20. The molecule has 0 fully saturated rings. The van der Waals surface area contributed by atoms with Crippen LogP contribution in [0.15, 0.2) is 36.4 Å². The zero-order valence-electron chi connectivity index (χ0n) is 17.1. The number of ether oxygens (including phenoxy) is 2. The van der Waals surface area contributed by atoms with Crippen LogP contribution in [0.3, 0.4) is 0 Å². The summed E-state index contributed by atoms with van der Waals surface area (Å²) in [6.07, 6.45) is 0. The van der Waals surface area contributed by atoms with Crippen molar-refractivity contribution < 1.29 is 18.5 Å². The fourth-order valence-electron chi connectivity index (χ4n) is 2.95. The zero-order valence-corrected chi connectivity index (χ0v) is 18.7. The van der Waals surface area contributed by atoms with E-state index in [0.29, 0.717) is 35.4 Å². The van der Waals surface area contributed by atoms with Crippen LogP contribution in [0, 0.1) is 0 Å². The molecule has 2 unspecified atom stereocenters. The number of amides is 1. The Hall–Kier alpha value is -2.05. The molecule has 1 N–H and O–H groups in total. The van der Waals surface area contributed by atoms with Gasteiger partial charge in [0.25, 0.3) is 0 Å². The molecule has 156 valence electrons. The van der Waals surface area contributed by atoms with Gasteiger partial charge in [-0.15, -0.1) is 0 Å². The summed E-state index contributed by atoms with van der Waals surface area (Å²) in [7, 11) is -1.41. The number of benzene rings is 2. The topological polar surface area (TPSA) is 64.6 Å². The minimum Gasteiger partial charge on any atom is -0.486 e. The molecule has 1 aliphatic heterocycles. The second-order valence-electron chi connectivity index (χ2n) is 8.09. The van der Waals surface area contributed by atoms with Crippen LogP contribution in [-0.4, -0.2) is 28.6 Å². The number of hydrogen-bond acceptors (Lipinski definition) is 4. The van der Waals surface area contributed by atoms with Crippen molar-refractivity contribution >= 4 is 34.0 Å². The van der Waals surface area contributed by atoms with Gasteiger partial charge in [0, 0.05) is 22.2 Å². The largest absolute Gasteiger partial charge is 0.486 e. The third-order valence-corrected chi connectivity index (χ3v) is 6.65. The van der Waals surface area contributed by atoms with Crippen LogP contribution in [-0.2, 0) is 26.8 Å². The summed E-state index contributed by atoms with van der Waals surface area (Å²) in [6.45, 7) is 8.96. The van der Waals surface area contributed by atoms with Crippen molar-refractivity contribution in [2.75, 3.05) is 18.5 Å². The highest BCUT2D eigenvalue weighted by molar-refractivity contribution is 7.85. The van der Waals surface area contributed by atoms with Crippen molar-refractivity contribution in [1.29, 1.82) is 0 Å². The second-order valence-corrected chi connectivity index (χ2v) is 10.3. The molecule has 1 amide bonds. The van der Waals surface area contributed by atoms with E-state index in [-0.39, 0.29) is 17.1 Å². The Bertz CT molecular complexity index is 922. The van der Waals surface area contributed by atoms with Crippen molar-refractivity contribution in [2.45, 2.75) is 44.1 Å². The monoisotopic (exact) mass is 435 g/mol. The van der Waals surface area contributed by atoms with Crippen molar-refractivity contribution in [3.05, 3.63) is 52.5 Å². The lowest BCUT2D eigenvalue weighted by molar-refractivity contribution is -0.115. The summed E-state index contributed by atoms with van der Waals surface area (Å²) in [4.78, 5) is 12.6. The highest BCUT2D eigenvalue weighted by atomic mass is 35.5. The predicted octanol–water partition coefficient (Wildman–Crippen LogP) is 4.68. The van der Waals surface area contributed by atoms with E-state index in [2.05, 4.69) is 26.1 Å². The SMILES string of the molecule is CC(C(=O)Nc1ccc(C(C)(C)C)cc1)S(=O)Cc1cc(Cl)c2c(c1)OCCO2. The van der Waals surface area contributed by atoms with E-state index < -0.39 is 16.0 Å². The molecule has 2 aromatic rings. The minimum atomic E-state index is -1.41. The summed E-state index contributed by atoms with van der Waals surface area (Å²) in [5, 5.41) is 2.59. The Morgan fingerprint density at radius 2 is 1.83 bits per heavy atom. The second kappa shape index (κ2) is 8.76. The fraction of sp³-hybridized carbons (Fsp3) is 0.409. The number of carbonyl (C=O) groups is 1. The Labute approximate surface area is 179 Å². The van der Waals surface area contributed by atoms with Gasteiger partial charge in [0.15, 0.2) is 11.5 Å². The molecule has 0 aromatic heterocycles. The number of nitrogens with one attached hydrogen (secondary N) is 1. The Kier molecular flexibility index (Phi) is 6.54. The van der Waals surface area contributed by atoms with Gasteiger partial charge in [0.1, 0.15) is 18.5 Å². The van der Waals surface area contributed by atoms with Crippen molar-refractivity contribution in [3.8, 4) is 11.5 Å². The minimum absolute atomic E-state index is 0.0439. The maximum Gasteiger partial charge on any atom is 0.239 e. The number of anilines is 1. The normalized spacial score (nSPS) is 15.5. The van der Waals surface area contributed by atoms with Crippen molar-refractivity contribution in [1.82, 2.24) is 0 Å². The van der Waals surface area contributed by atoms with Crippen LogP contribution >= 0.6 is 11.6 Å². The molecule has 0 bridgehead atoms. The van der Waals surface area contributed by atoms with Crippen molar-refractivity contribution in [2.24, 2.45) is 0 Å². The molecule has 0 radical (unpaired) electrons. The van der Waals surface area contributed by atoms with Gasteiger partial charge in [-0.25, -0.2) is 0 Å². The molecule has 29 heavy (non-hydrogen) atoms. The lowest BCUT2D eigenvalue weighted by atomic mass is 9.87. The number of carbonyl (C=O) groups excluding carboxylic acids is 1. The first kappa shape index (κ1) is 21.7. The van der Waals surface area contributed by atoms with E-state index in [4.69, 9.17) is 21.1 Å². The summed E-state index contributed by atoms with van der Waals surface area (Å²) in [6, 6.07) is 11.2. The molecule has 0 saturated carbocycles. The van der Waals surface area contributed by atoms with E-state index in [9.17, 15) is 9.00 Å². The standard InChI is InChI=1S/C22H26ClNO4S/c1-14(21(25)24-17-7-5-16(6-8-17)22(2,3)4)29(26)13-15-11-18(23)20-19(12-15)27-9-10-28-20/h5-8,11-12,14H,9-10,13H2,1-4H3,(H,24,25). The van der Waals surface area contributed by atoms with Crippen LogP contribution in [0.1, 0.15) is 38.8 Å². The predicted molar refractivity (Wildman–Crippen MR) is 118 cm³/mol. The highest BCUT2D eigenvalue weighted by Gasteiger charge is 2.23. The summed E-state index contributed by atoms with van der Waals surface area (Å²) in [5.41, 5.74) is 2.66. The Morgan fingerprint density at radius 3 is 2.48 bits per heavy atom. The van der Waals surface area contributed by atoms with Crippen molar-refractivity contribution in [3.63, 3.8) is 0 Å². The number of rotatable bonds is 5. The molecular formula is C22H26ClNO4S. The quantitative estimate of drug-likeness (QED) is 0.740. The van der Waals surface area contributed by atoms with Crippen LogP contribution in [0.2, 0.25) is 5.02 Å². The molecule has 5 nitrogen and oxygen atoms in total. The van der Waals surface area contributed by atoms with Crippen LogP contribution in [0.4, 0.5) is 5.69 Å². The van der Waals surface area contributed by atoms with E-state index in [1.165, 1.54) is 5.56 Å². The van der Waals surface area contributed by atoms with Crippen LogP contribution in [0.5, 0.6) is 11.5 Å². The van der Waals surface area contributed by atoms with E-state index in [1.54, 1.807) is 19.1 Å². The van der Waals surface area contributed by atoms with Gasteiger partial charge < -0.3 is 14.8 Å². The molecular weight excluding hydrogens is 410 g/mol. The summed E-state index contributed by atoms with van der Waals surface area (Å²) < 4.78 is 23.8. The molecule has 2 aromatic carbocycles. The van der Waals surface area contributed by atoms with E-state index in [0.717, 1.165) is 5.56 Å². The van der Waals surface area contributed by atoms with Gasteiger partial charge >= 0.3 is 0 Å². The molecule has 1 aliphatic rings. The van der Waals surface area contributed by atoms with Gasteiger partial charge in [-0.05, 0) is 47.7 Å². The molecule has 7 heteroatoms. The smallest absolute Gasteiger partial charge is 0.239 e. The molecule has 0 aliphatic carbocycles. The maximum absolute atomic E-state index is 12.7. The molecule has 0 spiro atoms. The van der Waals surface area contributed by atoms with Gasteiger partial charge in [0.05, 0.1) is 5.02 Å². The molecule has 2 atom stereocenters. The number of halogens is 1. The van der Waals surface area contributed by atoms with Crippen LogP contribution < -0.4 is 14.8 Å². The van der Waals surface area contributed by atoms with E-state index >= 15 is 0 Å². The molecule has 3 rings (SSSR count). The third kappa shape index (κ3) is 5.31. The maximum atomic E-state index is 12.7. The van der Waals surface area contributed by atoms with E-state index in [1.807, 2.05) is 24.3 Å². The highest BCUT2D eigenvalue weighted by Crippen LogP contribution is 2.38. The average molecular weight is 436 g/mol. The Balaban J connectivity index is 1.64.